The van der Waals surface area contributed by atoms with Crippen molar-refractivity contribution in [2.24, 2.45) is 0 Å². The van der Waals surface area contributed by atoms with Crippen LogP contribution in [0.1, 0.15) is 58.3 Å². The Bertz CT molecular complexity index is 253. The zero-order valence-corrected chi connectivity index (χ0v) is 12.1. The lowest BCUT2D eigenvalue weighted by atomic mass is 9.92. The molecule has 2 unspecified atom stereocenters. The fourth-order valence-electron chi connectivity index (χ4n) is 3.97. The standard InChI is InChI=1S/C15H30N2O/c1-3-16-15(12-18)10-9-14(11-15)17(2)13-7-5-4-6-8-13/h13-14,16,18H,3-12H2,1-2H3. The monoisotopic (exact) mass is 254 g/mol. The van der Waals surface area contributed by atoms with Crippen LogP contribution in [0.3, 0.4) is 0 Å². The van der Waals surface area contributed by atoms with Gasteiger partial charge in [-0.05, 0) is 45.7 Å². The Morgan fingerprint density at radius 1 is 1.17 bits per heavy atom. The molecule has 0 aromatic rings. The maximum atomic E-state index is 9.68. The zero-order valence-electron chi connectivity index (χ0n) is 12.1. The highest BCUT2D eigenvalue weighted by Gasteiger charge is 2.40. The van der Waals surface area contributed by atoms with Crippen molar-refractivity contribution < 1.29 is 5.11 Å². The number of hydrogen-bond donors (Lipinski definition) is 2. The first kappa shape index (κ1) is 14.3. The summed E-state index contributed by atoms with van der Waals surface area (Å²) in [7, 11) is 2.31. The normalized spacial score (nSPS) is 34.3. The summed E-state index contributed by atoms with van der Waals surface area (Å²) in [6.07, 6.45) is 10.5. The van der Waals surface area contributed by atoms with Gasteiger partial charge in [-0.1, -0.05) is 26.2 Å². The Hall–Kier alpha value is -0.120. The highest BCUT2D eigenvalue weighted by molar-refractivity contribution is 4.99. The van der Waals surface area contributed by atoms with E-state index in [2.05, 4.69) is 24.2 Å². The molecular weight excluding hydrogens is 224 g/mol. The topological polar surface area (TPSA) is 35.5 Å². The minimum Gasteiger partial charge on any atom is -0.394 e. The summed E-state index contributed by atoms with van der Waals surface area (Å²) in [5.41, 5.74) is 0.00232. The molecular formula is C15H30N2O. The second-order valence-electron chi connectivity index (χ2n) is 6.32. The van der Waals surface area contributed by atoms with Gasteiger partial charge in [0.1, 0.15) is 0 Å². The molecule has 0 aromatic carbocycles. The molecule has 0 aliphatic heterocycles. The van der Waals surface area contributed by atoms with Gasteiger partial charge in [-0.15, -0.1) is 0 Å². The van der Waals surface area contributed by atoms with E-state index in [0.29, 0.717) is 6.04 Å². The van der Waals surface area contributed by atoms with Crippen LogP contribution in [0.5, 0.6) is 0 Å². The molecule has 0 bridgehead atoms. The third kappa shape index (κ3) is 3.06. The van der Waals surface area contributed by atoms with Gasteiger partial charge < -0.3 is 15.3 Å². The van der Waals surface area contributed by atoms with E-state index in [4.69, 9.17) is 0 Å². The summed E-state index contributed by atoms with van der Waals surface area (Å²) in [5.74, 6) is 0. The number of likely N-dealkylation sites (N-methyl/N-ethyl adjacent to an activating group) is 1. The molecule has 0 spiro atoms. The van der Waals surface area contributed by atoms with Crippen LogP contribution >= 0.6 is 0 Å². The highest BCUT2D eigenvalue weighted by atomic mass is 16.3. The predicted octanol–water partition coefficient (Wildman–Crippen LogP) is 2.14. The lowest BCUT2D eigenvalue weighted by molar-refractivity contribution is 0.118. The average Bonchev–Trinajstić information content (AvgIpc) is 2.84. The van der Waals surface area contributed by atoms with Gasteiger partial charge in [0.2, 0.25) is 0 Å². The van der Waals surface area contributed by atoms with Gasteiger partial charge in [-0.25, -0.2) is 0 Å². The molecule has 2 fully saturated rings. The number of nitrogens with zero attached hydrogens (tertiary/aromatic N) is 1. The van der Waals surface area contributed by atoms with Gasteiger partial charge in [0.15, 0.2) is 0 Å². The van der Waals surface area contributed by atoms with Crippen LogP contribution in [0.25, 0.3) is 0 Å². The second-order valence-corrected chi connectivity index (χ2v) is 6.32. The summed E-state index contributed by atoms with van der Waals surface area (Å²) >= 11 is 0. The molecule has 3 nitrogen and oxygen atoms in total. The van der Waals surface area contributed by atoms with E-state index in [1.165, 1.54) is 38.5 Å². The quantitative estimate of drug-likeness (QED) is 0.789. The smallest absolute Gasteiger partial charge is 0.0613 e. The first-order chi connectivity index (χ1) is 8.71. The van der Waals surface area contributed by atoms with E-state index in [9.17, 15) is 5.11 Å². The molecule has 2 rings (SSSR count). The van der Waals surface area contributed by atoms with Crippen molar-refractivity contribution >= 4 is 0 Å². The molecule has 2 atom stereocenters. The molecule has 2 saturated carbocycles. The molecule has 2 aliphatic carbocycles. The molecule has 0 radical (unpaired) electrons. The molecule has 2 N–H and O–H groups in total. The second kappa shape index (κ2) is 6.36. The van der Waals surface area contributed by atoms with Crippen LogP contribution in [0.15, 0.2) is 0 Å². The molecule has 0 amide bonds. The average molecular weight is 254 g/mol. The number of aliphatic hydroxyl groups is 1. The molecule has 3 heteroatoms. The number of nitrogens with one attached hydrogen (secondary N) is 1. The zero-order chi connectivity index (χ0) is 13.0. The van der Waals surface area contributed by atoms with Crippen LogP contribution in [0.2, 0.25) is 0 Å². The summed E-state index contributed by atoms with van der Waals surface area (Å²) in [5, 5.41) is 13.2. The maximum Gasteiger partial charge on any atom is 0.0613 e. The molecule has 18 heavy (non-hydrogen) atoms. The molecule has 2 aliphatic rings. The Kier molecular flexibility index (Phi) is 5.05. The fourth-order valence-corrected chi connectivity index (χ4v) is 3.97. The van der Waals surface area contributed by atoms with E-state index in [1.54, 1.807) is 0 Å². The Balaban J connectivity index is 1.90. The van der Waals surface area contributed by atoms with Gasteiger partial charge in [-0.3, -0.25) is 0 Å². The first-order valence-electron chi connectivity index (χ1n) is 7.78. The lowest BCUT2D eigenvalue weighted by Gasteiger charge is -2.37. The SMILES string of the molecule is CCNC1(CO)CCC(N(C)C2CCCCC2)C1. The number of hydrogen-bond acceptors (Lipinski definition) is 3. The Labute approximate surface area is 112 Å². The molecule has 106 valence electrons. The van der Waals surface area contributed by atoms with Gasteiger partial charge in [0, 0.05) is 17.6 Å². The van der Waals surface area contributed by atoms with Crippen molar-refractivity contribution in [1.29, 1.82) is 0 Å². The molecule has 0 heterocycles. The van der Waals surface area contributed by atoms with Crippen molar-refractivity contribution in [3.63, 3.8) is 0 Å². The third-order valence-corrected chi connectivity index (χ3v) is 5.16. The van der Waals surface area contributed by atoms with Crippen LogP contribution in [-0.4, -0.2) is 47.8 Å². The maximum absolute atomic E-state index is 9.68. The minimum atomic E-state index is 0.00232. The molecule has 0 saturated heterocycles. The summed E-state index contributed by atoms with van der Waals surface area (Å²) in [6.45, 7) is 3.38. The van der Waals surface area contributed by atoms with Crippen molar-refractivity contribution in [1.82, 2.24) is 10.2 Å². The first-order valence-corrected chi connectivity index (χ1v) is 7.78. The summed E-state index contributed by atoms with van der Waals surface area (Å²) in [6, 6.07) is 1.46. The fraction of sp³-hybridized carbons (Fsp3) is 1.00. The van der Waals surface area contributed by atoms with E-state index < -0.39 is 0 Å². The van der Waals surface area contributed by atoms with Crippen LogP contribution in [0.4, 0.5) is 0 Å². The molecule has 0 aromatic heterocycles. The van der Waals surface area contributed by atoms with E-state index >= 15 is 0 Å². The minimum absolute atomic E-state index is 0.00232. The number of aliphatic hydroxyl groups excluding tert-OH is 1. The van der Waals surface area contributed by atoms with Crippen LogP contribution < -0.4 is 5.32 Å². The summed E-state index contributed by atoms with van der Waals surface area (Å²) in [4.78, 5) is 2.62. The Morgan fingerprint density at radius 3 is 2.50 bits per heavy atom. The third-order valence-electron chi connectivity index (χ3n) is 5.16. The Morgan fingerprint density at radius 2 is 1.89 bits per heavy atom. The van der Waals surface area contributed by atoms with Gasteiger partial charge in [0.05, 0.1) is 6.61 Å². The highest BCUT2D eigenvalue weighted by Crippen LogP contribution is 2.35. The van der Waals surface area contributed by atoms with E-state index in [1.807, 2.05) is 0 Å². The van der Waals surface area contributed by atoms with Gasteiger partial charge in [-0.2, -0.15) is 0 Å². The van der Waals surface area contributed by atoms with Crippen molar-refractivity contribution in [2.45, 2.75) is 75.9 Å². The van der Waals surface area contributed by atoms with Crippen LogP contribution in [-0.2, 0) is 0 Å². The van der Waals surface area contributed by atoms with Crippen molar-refractivity contribution in [2.75, 3.05) is 20.2 Å². The number of rotatable bonds is 5. The van der Waals surface area contributed by atoms with Crippen molar-refractivity contribution in [3.8, 4) is 0 Å². The van der Waals surface area contributed by atoms with E-state index in [0.717, 1.165) is 25.4 Å². The van der Waals surface area contributed by atoms with Crippen LogP contribution in [0, 0.1) is 0 Å². The van der Waals surface area contributed by atoms with E-state index in [-0.39, 0.29) is 12.1 Å². The van der Waals surface area contributed by atoms with Gasteiger partial charge >= 0.3 is 0 Å². The lowest BCUT2D eigenvalue weighted by Crippen LogP contribution is -2.48. The van der Waals surface area contributed by atoms with Crippen molar-refractivity contribution in [3.05, 3.63) is 0 Å². The predicted molar refractivity (Wildman–Crippen MR) is 75.8 cm³/mol. The summed E-state index contributed by atoms with van der Waals surface area (Å²) < 4.78 is 0. The van der Waals surface area contributed by atoms with Gasteiger partial charge in [0.25, 0.3) is 0 Å². The largest absolute Gasteiger partial charge is 0.394 e.